The number of likely N-dealkylation sites (N-methyl/N-ethyl adjacent to an activating group) is 1. The molecule has 1 heterocycles. The van der Waals surface area contributed by atoms with Gasteiger partial charge in [0, 0.05) is 31.4 Å². The largest absolute Gasteiger partial charge is 0.497 e. The summed E-state index contributed by atoms with van der Waals surface area (Å²) in [5.41, 5.74) is 2.16. The van der Waals surface area contributed by atoms with Crippen molar-refractivity contribution in [2.24, 2.45) is 0 Å². The smallest absolute Gasteiger partial charge is 0.253 e. The van der Waals surface area contributed by atoms with Gasteiger partial charge in [0.2, 0.25) is 0 Å². The Morgan fingerprint density at radius 3 is 2.52 bits per heavy atom. The van der Waals surface area contributed by atoms with Crippen molar-refractivity contribution in [2.75, 3.05) is 28.3 Å². The van der Waals surface area contributed by atoms with E-state index in [1.54, 1.807) is 39.3 Å². The topological polar surface area (TPSA) is 62.8 Å². The molecule has 0 spiro atoms. The Hall–Kier alpha value is -2.28. The van der Waals surface area contributed by atoms with Gasteiger partial charge in [-0.25, -0.2) is 0 Å². The average molecular weight is 335 g/mol. The molecule has 23 heavy (non-hydrogen) atoms. The van der Waals surface area contributed by atoms with E-state index in [0.717, 1.165) is 11.3 Å². The van der Waals surface area contributed by atoms with E-state index < -0.39 is 0 Å². The highest BCUT2D eigenvalue weighted by Crippen LogP contribution is 2.35. The summed E-state index contributed by atoms with van der Waals surface area (Å²) in [5, 5.41) is 6.64. The third-order valence-electron chi connectivity index (χ3n) is 3.66. The van der Waals surface area contributed by atoms with Crippen molar-refractivity contribution in [3.8, 4) is 11.5 Å². The number of nitrogens with one attached hydrogen (secondary N) is 2. The van der Waals surface area contributed by atoms with Gasteiger partial charge in [-0.2, -0.15) is 0 Å². The molecule has 0 aromatic heterocycles. The fraction of sp³-hybridized carbons (Fsp3) is 0.375. The van der Waals surface area contributed by atoms with Gasteiger partial charge in [-0.3, -0.25) is 4.79 Å². The maximum absolute atomic E-state index is 12.6. The Balaban J connectivity index is 2.56. The number of carbonyl (C=O) groups is 1. The van der Waals surface area contributed by atoms with E-state index in [1.807, 2.05) is 19.1 Å². The third-order valence-corrected chi connectivity index (χ3v) is 3.88. The van der Waals surface area contributed by atoms with Crippen LogP contribution in [0.5, 0.6) is 11.5 Å². The van der Waals surface area contributed by atoms with Crippen LogP contribution >= 0.6 is 12.2 Å². The molecule has 0 aliphatic carbocycles. The Bertz CT molecular complexity index is 671. The van der Waals surface area contributed by atoms with Crippen LogP contribution in [0.15, 0.2) is 29.5 Å². The minimum absolute atomic E-state index is 0.0899. The molecule has 1 atom stereocenters. The molecule has 0 bridgehead atoms. The van der Waals surface area contributed by atoms with E-state index in [4.69, 9.17) is 21.7 Å². The molecule has 0 fully saturated rings. The van der Waals surface area contributed by atoms with Crippen LogP contribution in [0.4, 0.5) is 0 Å². The molecule has 0 unspecified atom stereocenters. The zero-order chi connectivity index (χ0) is 17.1. The fourth-order valence-electron chi connectivity index (χ4n) is 2.51. The lowest BCUT2D eigenvalue weighted by atomic mass is 9.94. The number of thiocarbonyl (C=S) groups is 1. The van der Waals surface area contributed by atoms with E-state index in [2.05, 4.69) is 10.6 Å². The first-order valence-electron chi connectivity index (χ1n) is 7.11. The summed E-state index contributed by atoms with van der Waals surface area (Å²) in [6.07, 6.45) is 0. The number of ether oxygens (including phenoxy) is 2. The van der Waals surface area contributed by atoms with Crippen LogP contribution in [-0.2, 0) is 4.79 Å². The average Bonchev–Trinajstić information content (AvgIpc) is 2.52. The number of allylic oxidation sites excluding steroid dienone is 1. The van der Waals surface area contributed by atoms with Gasteiger partial charge in [0.25, 0.3) is 5.91 Å². The molecule has 124 valence electrons. The van der Waals surface area contributed by atoms with Crippen LogP contribution < -0.4 is 20.1 Å². The Kier molecular flexibility index (Phi) is 5.10. The molecule has 1 aliphatic rings. The molecule has 0 radical (unpaired) electrons. The van der Waals surface area contributed by atoms with E-state index in [9.17, 15) is 4.79 Å². The number of nitrogens with zero attached hydrogens (tertiary/aromatic N) is 1. The second-order valence-electron chi connectivity index (χ2n) is 5.38. The van der Waals surface area contributed by atoms with Crippen LogP contribution in [0.3, 0.4) is 0 Å². The number of benzene rings is 1. The summed E-state index contributed by atoms with van der Waals surface area (Å²) in [5.74, 6) is 1.22. The number of methoxy groups -OCH3 is 2. The van der Waals surface area contributed by atoms with E-state index in [-0.39, 0.29) is 11.9 Å². The summed E-state index contributed by atoms with van der Waals surface area (Å²) in [4.78, 5) is 14.1. The van der Waals surface area contributed by atoms with Crippen molar-refractivity contribution >= 4 is 23.2 Å². The Morgan fingerprint density at radius 1 is 1.26 bits per heavy atom. The number of carbonyl (C=O) groups excluding carboxylic acids is 1. The lowest BCUT2D eigenvalue weighted by Gasteiger charge is -2.32. The quantitative estimate of drug-likeness (QED) is 0.815. The lowest BCUT2D eigenvalue weighted by molar-refractivity contribution is -0.125. The van der Waals surface area contributed by atoms with E-state index in [0.29, 0.717) is 22.2 Å². The highest BCUT2D eigenvalue weighted by atomic mass is 32.1. The summed E-state index contributed by atoms with van der Waals surface area (Å²) in [7, 11) is 6.62. The van der Waals surface area contributed by atoms with Gasteiger partial charge >= 0.3 is 0 Å². The normalized spacial score (nSPS) is 17.3. The van der Waals surface area contributed by atoms with Crippen molar-refractivity contribution in [3.63, 3.8) is 0 Å². The van der Waals surface area contributed by atoms with Gasteiger partial charge in [0.15, 0.2) is 5.11 Å². The van der Waals surface area contributed by atoms with Gasteiger partial charge in [-0.1, -0.05) is 0 Å². The fourth-order valence-corrected chi connectivity index (χ4v) is 2.78. The van der Waals surface area contributed by atoms with Gasteiger partial charge in [-0.15, -0.1) is 0 Å². The van der Waals surface area contributed by atoms with Crippen LogP contribution in [0, 0.1) is 0 Å². The monoisotopic (exact) mass is 335 g/mol. The number of rotatable bonds is 4. The molecule has 1 amide bonds. The molecule has 1 aromatic rings. The lowest BCUT2D eigenvalue weighted by Crippen LogP contribution is -2.46. The minimum atomic E-state index is -0.389. The number of hydrogen-bond acceptors (Lipinski definition) is 4. The summed E-state index contributed by atoms with van der Waals surface area (Å²) in [6.45, 7) is 1.84. The standard InChI is InChI=1S/C16H21N3O3S/c1-9-13(15(20)19(2)3)14(18-16(23)17-9)11-7-6-10(21-4)8-12(11)22-5/h6-8,14H,1-5H3,(H2,17,18,23)/t14-/m0/s1. The molecule has 6 nitrogen and oxygen atoms in total. The molecular formula is C16H21N3O3S. The van der Waals surface area contributed by atoms with Crippen molar-refractivity contribution in [1.82, 2.24) is 15.5 Å². The van der Waals surface area contributed by atoms with E-state index >= 15 is 0 Å². The van der Waals surface area contributed by atoms with E-state index in [1.165, 1.54) is 0 Å². The van der Waals surface area contributed by atoms with Crippen LogP contribution in [-0.4, -0.2) is 44.2 Å². The molecule has 1 aromatic carbocycles. The first-order valence-corrected chi connectivity index (χ1v) is 7.51. The van der Waals surface area contributed by atoms with Gasteiger partial charge in [0.05, 0.1) is 25.8 Å². The zero-order valence-corrected chi connectivity index (χ0v) is 14.7. The summed E-state index contributed by atoms with van der Waals surface area (Å²) in [6, 6.07) is 5.10. The maximum atomic E-state index is 12.6. The maximum Gasteiger partial charge on any atom is 0.253 e. The zero-order valence-electron chi connectivity index (χ0n) is 13.9. The molecule has 7 heteroatoms. The van der Waals surface area contributed by atoms with Crippen LogP contribution in [0.25, 0.3) is 0 Å². The molecular weight excluding hydrogens is 314 g/mol. The summed E-state index contributed by atoms with van der Waals surface area (Å²) < 4.78 is 10.7. The van der Waals surface area contributed by atoms with Crippen molar-refractivity contribution in [2.45, 2.75) is 13.0 Å². The van der Waals surface area contributed by atoms with Crippen molar-refractivity contribution in [3.05, 3.63) is 35.0 Å². The number of amides is 1. The van der Waals surface area contributed by atoms with Gasteiger partial charge < -0.3 is 25.0 Å². The summed E-state index contributed by atoms with van der Waals surface area (Å²) >= 11 is 5.25. The second kappa shape index (κ2) is 6.87. The number of hydrogen-bond donors (Lipinski definition) is 2. The highest BCUT2D eigenvalue weighted by molar-refractivity contribution is 7.80. The van der Waals surface area contributed by atoms with Gasteiger partial charge in [0.1, 0.15) is 11.5 Å². The molecule has 0 saturated heterocycles. The SMILES string of the molecule is COc1ccc([C@@H]2NC(=S)NC(C)=C2C(=O)N(C)C)c(OC)c1. The second-order valence-corrected chi connectivity index (χ2v) is 5.79. The van der Waals surface area contributed by atoms with Gasteiger partial charge in [-0.05, 0) is 31.3 Å². The molecule has 1 aliphatic heterocycles. The molecule has 0 saturated carbocycles. The first kappa shape index (κ1) is 17.1. The Labute approximate surface area is 141 Å². The van der Waals surface area contributed by atoms with Crippen LogP contribution in [0.2, 0.25) is 0 Å². The predicted octanol–water partition coefficient (Wildman–Crippen LogP) is 1.58. The third kappa shape index (κ3) is 3.39. The molecule has 2 N–H and O–H groups in total. The predicted molar refractivity (Wildman–Crippen MR) is 92.6 cm³/mol. The van der Waals surface area contributed by atoms with Crippen molar-refractivity contribution in [1.29, 1.82) is 0 Å². The minimum Gasteiger partial charge on any atom is -0.497 e. The molecule has 2 rings (SSSR count). The highest BCUT2D eigenvalue weighted by Gasteiger charge is 2.32. The van der Waals surface area contributed by atoms with Crippen molar-refractivity contribution < 1.29 is 14.3 Å². The van der Waals surface area contributed by atoms with Crippen LogP contribution in [0.1, 0.15) is 18.5 Å². The first-order chi connectivity index (χ1) is 10.9. The Morgan fingerprint density at radius 2 is 1.96 bits per heavy atom.